The predicted molar refractivity (Wildman–Crippen MR) is 61.2 cm³/mol. The topological polar surface area (TPSA) is 55.5 Å². The van der Waals surface area contributed by atoms with E-state index in [0.717, 1.165) is 0 Å². The minimum Gasteiger partial charge on any atom is -0.496 e. The summed E-state index contributed by atoms with van der Waals surface area (Å²) in [6.07, 6.45) is 0. The molecule has 0 saturated carbocycles. The minimum absolute atomic E-state index is 0.150. The van der Waals surface area contributed by atoms with Gasteiger partial charge in [0.15, 0.2) is 0 Å². The van der Waals surface area contributed by atoms with Gasteiger partial charge in [-0.3, -0.25) is 0 Å². The lowest BCUT2D eigenvalue weighted by Gasteiger charge is -2.28. The monoisotopic (exact) mass is 227 g/mol. The summed E-state index contributed by atoms with van der Waals surface area (Å²) >= 11 is 0. The second-order valence-corrected chi connectivity index (χ2v) is 4.22. The summed E-state index contributed by atoms with van der Waals surface area (Å²) in [5.74, 6) is 0.241. The van der Waals surface area contributed by atoms with Crippen LogP contribution in [-0.4, -0.2) is 25.4 Å². The van der Waals surface area contributed by atoms with Gasteiger partial charge in [-0.2, -0.15) is 0 Å². The first-order valence-electron chi connectivity index (χ1n) is 5.14. The average Bonchev–Trinajstić information content (AvgIpc) is 2.31. The quantitative estimate of drug-likeness (QED) is 0.816. The molecule has 0 radical (unpaired) electrons. The number of hydrogen-bond acceptors (Lipinski definition) is 3. The van der Waals surface area contributed by atoms with Crippen LogP contribution in [0.1, 0.15) is 18.1 Å². The van der Waals surface area contributed by atoms with Crippen molar-refractivity contribution < 1.29 is 14.2 Å². The number of benzene rings is 1. The van der Waals surface area contributed by atoms with E-state index in [1.807, 2.05) is 0 Å². The smallest absolute Gasteiger partial charge is 0.126 e. The number of ether oxygens (including phenoxy) is 1. The lowest BCUT2D eigenvalue weighted by molar-refractivity contribution is 0.206. The molecule has 0 amide bonds. The van der Waals surface area contributed by atoms with Crippen molar-refractivity contribution in [3.63, 3.8) is 0 Å². The van der Waals surface area contributed by atoms with Crippen molar-refractivity contribution in [2.24, 2.45) is 5.73 Å². The summed E-state index contributed by atoms with van der Waals surface area (Å²) in [7, 11) is 1.52. The molecule has 0 aromatic heterocycles. The van der Waals surface area contributed by atoms with E-state index in [1.165, 1.54) is 13.2 Å². The van der Waals surface area contributed by atoms with Crippen LogP contribution >= 0.6 is 0 Å². The third-order valence-electron chi connectivity index (χ3n) is 2.93. The van der Waals surface area contributed by atoms with Gasteiger partial charge in [-0.05, 0) is 24.6 Å². The van der Waals surface area contributed by atoms with Crippen LogP contribution in [0.25, 0.3) is 0 Å². The lowest BCUT2D eigenvalue weighted by Crippen LogP contribution is -2.36. The largest absolute Gasteiger partial charge is 0.496 e. The molecule has 0 bridgehead atoms. The van der Waals surface area contributed by atoms with Gasteiger partial charge in [0, 0.05) is 17.5 Å². The summed E-state index contributed by atoms with van der Waals surface area (Å²) in [5, 5.41) is 9.36. The Balaban J connectivity index is 3.36. The Morgan fingerprint density at radius 2 is 2.12 bits per heavy atom. The number of aliphatic hydroxyl groups is 1. The Labute approximate surface area is 95.0 Å². The number of aryl methyl sites for hydroxylation is 1. The van der Waals surface area contributed by atoms with Gasteiger partial charge in [-0.25, -0.2) is 4.39 Å². The first-order chi connectivity index (χ1) is 7.48. The average molecular weight is 227 g/mol. The fourth-order valence-corrected chi connectivity index (χ4v) is 1.56. The van der Waals surface area contributed by atoms with E-state index in [0.29, 0.717) is 16.9 Å². The Bertz CT molecular complexity index is 376. The van der Waals surface area contributed by atoms with Crippen LogP contribution in [0.4, 0.5) is 4.39 Å². The molecule has 1 rings (SSSR count). The van der Waals surface area contributed by atoms with E-state index < -0.39 is 5.41 Å². The van der Waals surface area contributed by atoms with E-state index in [9.17, 15) is 9.50 Å². The van der Waals surface area contributed by atoms with Crippen LogP contribution in [0.2, 0.25) is 0 Å². The molecule has 1 aromatic carbocycles. The van der Waals surface area contributed by atoms with Crippen LogP contribution in [0.15, 0.2) is 12.1 Å². The zero-order chi connectivity index (χ0) is 12.3. The summed E-state index contributed by atoms with van der Waals surface area (Å²) in [5.41, 5.74) is 6.05. The Kier molecular flexibility index (Phi) is 3.88. The maximum atomic E-state index is 13.5. The molecule has 3 nitrogen and oxygen atoms in total. The molecule has 4 heteroatoms. The normalized spacial score (nSPS) is 14.6. The third kappa shape index (κ3) is 2.18. The molecule has 90 valence electrons. The molecule has 0 saturated heterocycles. The van der Waals surface area contributed by atoms with Crippen molar-refractivity contribution in [2.75, 3.05) is 20.3 Å². The van der Waals surface area contributed by atoms with Crippen molar-refractivity contribution in [2.45, 2.75) is 19.3 Å². The van der Waals surface area contributed by atoms with E-state index in [-0.39, 0.29) is 19.0 Å². The fraction of sp³-hybridized carbons (Fsp3) is 0.500. The number of hydrogen-bond donors (Lipinski definition) is 2. The van der Waals surface area contributed by atoms with Crippen molar-refractivity contribution in [1.29, 1.82) is 0 Å². The highest BCUT2D eigenvalue weighted by Gasteiger charge is 2.28. The molecule has 0 fully saturated rings. The molecule has 0 aliphatic rings. The highest BCUT2D eigenvalue weighted by Crippen LogP contribution is 2.32. The summed E-state index contributed by atoms with van der Waals surface area (Å²) in [6, 6.07) is 3.01. The molecule has 0 aliphatic carbocycles. The molecule has 3 N–H and O–H groups in total. The molecule has 1 unspecified atom stereocenters. The van der Waals surface area contributed by atoms with Gasteiger partial charge >= 0.3 is 0 Å². The Morgan fingerprint density at radius 1 is 1.50 bits per heavy atom. The standard InChI is InChI=1S/C12H18FNO2/c1-8-4-11(16-3)9(5-10(8)13)12(2,6-14)7-15/h4-5,15H,6-7,14H2,1-3H3. The van der Waals surface area contributed by atoms with Gasteiger partial charge < -0.3 is 15.6 Å². The highest BCUT2D eigenvalue weighted by atomic mass is 19.1. The van der Waals surface area contributed by atoms with Gasteiger partial charge in [0.2, 0.25) is 0 Å². The zero-order valence-electron chi connectivity index (χ0n) is 9.88. The number of halogens is 1. The molecule has 16 heavy (non-hydrogen) atoms. The molecular formula is C12H18FNO2. The second-order valence-electron chi connectivity index (χ2n) is 4.22. The van der Waals surface area contributed by atoms with Gasteiger partial charge in [-0.15, -0.1) is 0 Å². The number of aliphatic hydroxyl groups excluding tert-OH is 1. The number of methoxy groups -OCH3 is 1. The molecule has 0 spiro atoms. The number of rotatable bonds is 4. The second kappa shape index (κ2) is 4.80. The maximum absolute atomic E-state index is 13.5. The zero-order valence-corrected chi connectivity index (χ0v) is 9.88. The van der Waals surface area contributed by atoms with Crippen LogP contribution in [0.5, 0.6) is 5.75 Å². The SMILES string of the molecule is COc1cc(C)c(F)cc1C(C)(CN)CO. The van der Waals surface area contributed by atoms with E-state index in [4.69, 9.17) is 10.5 Å². The van der Waals surface area contributed by atoms with Crippen molar-refractivity contribution in [1.82, 2.24) is 0 Å². The summed E-state index contributed by atoms with van der Waals surface area (Å²) < 4.78 is 18.7. The molecule has 0 heterocycles. The van der Waals surface area contributed by atoms with Gasteiger partial charge in [0.1, 0.15) is 11.6 Å². The fourth-order valence-electron chi connectivity index (χ4n) is 1.56. The first-order valence-corrected chi connectivity index (χ1v) is 5.14. The van der Waals surface area contributed by atoms with Crippen molar-refractivity contribution in [3.8, 4) is 5.75 Å². The number of nitrogens with two attached hydrogens (primary N) is 1. The maximum Gasteiger partial charge on any atom is 0.126 e. The highest BCUT2D eigenvalue weighted by molar-refractivity contribution is 5.43. The summed E-state index contributed by atoms with van der Waals surface area (Å²) in [4.78, 5) is 0. The van der Waals surface area contributed by atoms with Crippen LogP contribution in [0, 0.1) is 12.7 Å². The molecule has 1 aromatic rings. The minimum atomic E-state index is -0.681. The molecule has 1 atom stereocenters. The van der Waals surface area contributed by atoms with E-state index in [2.05, 4.69) is 0 Å². The van der Waals surface area contributed by atoms with Crippen molar-refractivity contribution in [3.05, 3.63) is 29.1 Å². The molecule has 0 aliphatic heterocycles. The van der Waals surface area contributed by atoms with E-state index in [1.54, 1.807) is 19.9 Å². The van der Waals surface area contributed by atoms with Crippen LogP contribution in [0.3, 0.4) is 0 Å². The van der Waals surface area contributed by atoms with Gasteiger partial charge in [0.25, 0.3) is 0 Å². The summed E-state index contributed by atoms with van der Waals surface area (Å²) in [6.45, 7) is 3.52. The third-order valence-corrected chi connectivity index (χ3v) is 2.93. The van der Waals surface area contributed by atoms with Crippen LogP contribution in [-0.2, 0) is 5.41 Å². The first kappa shape index (κ1) is 12.9. The predicted octanol–water partition coefficient (Wildman–Crippen LogP) is 1.35. The van der Waals surface area contributed by atoms with Crippen molar-refractivity contribution >= 4 is 0 Å². The van der Waals surface area contributed by atoms with E-state index >= 15 is 0 Å². The Hall–Kier alpha value is -1.13. The Morgan fingerprint density at radius 3 is 2.56 bits per heavy atom. The van der Waals surface area contributed by atoms with Gasteiger partial charge in [-0.1, -0.05) is 6.92 Å². The lowest BCUT2D eigenvalue weighted by atomic mass is 9.82. The molecular weight excluding hydrogens is 209 g/mol. The van der Waals surface area contributed by atoms with Gasteiger partial charge in [0.05, 0.1) is 13.7 Å². The van der Waals surface area contributed by atoms with Crippen LogP contribution < -0.4 is 10.5 Å².